The van der Waals surface area contributed by atoms with E-state index in [0.717, 1.165) is 17.7 Å². The van der Waals surface area contributed by atoms with Gasteiger partial charge >= 0.3 is 0 Å². The quantitative estimate of drug-likeness (QED) is 0.668. The number of aryl methyl sites for hydroxylation is 2. The molecule has 0 fully saturated rings. The predicted molar refractivity (Wildman–Crippen MR) is 102 cm³/mol. The first-order valence-electron chi connectivity index (χ1n) is 7.93. The highest BCUT2D eigenvalue weighted by Gasteiger charge is 2.18. The van der Waals surface area contributed by atoms with E-state index in [1.54, 1.807) is 10.9 Å². The summed E-state index contributed by atoms with van der Waals surface area (Å²) in [5.74, 6) is -0.102. The van der Waals surface area contributed by atoms with Crippen molar-refractivity contribution in [2.45, 2.75) is 30.7 Å². The van der Waals surface area contributed by atoms with Gasteiger partial charge in [0.2, 0.25) is 5.91 Å². The normalized spacial score (nSPS) is 12.1. The maximum absolute atomic E-state index is 12.4. The molecule has 8 heteroatoms. The lowest BCUT2D eigenvalue weighted by atomic mass is 10.1. The van der Waals surface area contributed by atoms with Crippen LogP contribution in [0, 0.1) is 0 Å². The molecular weight excluding hydrogens is 354 g/mol. The summed E-state index contributed by atoms with van der Waals surface area (Å²) in [6.45, 7) is 3.97. The van der Waals surface area contributed by atoms with Crippen LogP contribution >= 0.6 is 23.1 Å². The van der Waals surface area contributed by atoms with Crippen molar-refractivity contribution in [3.63, 3.8) is 0 Å². The summed E-state index contributed by atoms with van der Waals surface area (Å²) in [6, 6.07) is 8.33. The minimum atomic E-state index is -0.293. The monoisotopic (exact) mass is 373 g/mol. The van der Waals surface area contributed by atoms with Crippen LogP contribution in [0.25, 0.3) is 11.3 Å². The summed E-state index contributed by atoms with van der Waals surface area (Å²) in [5.41, 5.74) is 3.22. The number of amides is 1. The standard InChI is InChI=1S/C17H19N5OS2/c1-4-12-5-7-13(8-6-12)14-9-24-16(19-14)20-15(23)11(2)25-17-21-18-10-22(17)3/h5-11H,4H2,1-3H3,(H,19,20,23). The summed E-state index contributed by atoms with van der Waals surface area (Å²) >= 11 is 2.79. The molecule has 3 aromatic rings. The van der Waals surface area contributed by atoms with Crippen LogP contribution in [0.1, 0.15) is 19.4 Å². The molecule has 6 nitrogen and oxygen atoms in total. The second-order valence-corrected chi connectivity index (χ2v) is 7.73. The molecule has 0 aliphatic carbocycles. The molecule has 1 atom stereocenters. The van der Waals surface area contributed by atoms with Crippen LogP contribution in [-0.2, 0) is 18.3 Å². The summed E-state index contributed by atoms with van der Waals surface area (Å²) in [7, 11) is 1.85. The van der Waals surface area contributed by atoms with Crippen molar-refractivity contribution in [1.29, 1.82) is 0 Å². The van der Waals surface area contributed by atoms with Crippen molar-refractivity contribution in [2.75, 3.05) is 5.32 Å². The molecule has 0 radical (unpaired) electrons. The minimum absolute atomic E-state index is 0.102. The first kappa shape index (κ1) is 17.6. The molecule has 25 heavy (non-hydrogen) atoms. The van der Waals surface area contributed by atoms with Crippen molar-refractivity contribution < 1.29 is 4.79 Å². The highest BCUT2D eigenvalue weighted by molar-refractivity contribution is 8.00. The lowest BCUT2D eigenvalue weighted by molar-refractivity contribution is -0.115. The van der Waals surface area contributed by atoms with Crippen molar-refractivity contribution in [1.82, 2.24) is 19.7 Å². The lowest BCUT2D eigenvalue weighted by Gasteiger charge is -2.09. The number of hydrogen-bond donors (Lipinski definition) is 1. The number of anilines is 1. The molecule has 3 rings (SSSR count). The molecule has 1 amide bonds. The molecule has 0 aliphatic rings. The fourth-order valence-electron chi connectivity index (χ4n) is 2.17. The van der Waals surface area contributed by atoms with Gasteiger partial charge in [0.1, 0.15) is 6.33 Å². The van der Waals surface area contributed by atoms with E-state index >= 15 is 0 Å². The number of rotatable bonds is 6. The van der Waals surface area contributed by atoms with E-state index in [-0.39, 0.29) is 11.2 Å². The average molecular weight is 374 g/mol. The van der Waals surface area contributed by atoms with Crippen LogP contribution in [0.5, 0.6) is 0 Å². The Morgan fingerprint density at radius 3 is 2.76 bits per heavy atom. The molecule has 0 bridgehead atoms. The second kappa shape index (κ2) is 7.79. The third-order valence-electron chi connectivity index (χ3n) is 3.71. The zero-order chi connectivity index (χ0) is 17.8. The van der Waals surface area contributed by atoms with Crippen LogP contribution in [0.3, 0.4) is 0 Å². The Balaban J connectivity index is 1.64. The van der Waals surface area contributed by atoms with Gasteiger partial charge in [-0.1, -0.05) is 43.0 Å². The van der Waals surface area contributed by atoms with Crippen molar-refractivity contribution in [2.24, 2.45) is 7.05 Å². The molecule has 1 aromatic carbocycles. The maximum atomic E-state index is 12.4. The molecule has 0 spiro atoms. The SMILES string of the molecule is CCc1ccc(-c2csc(NC(=O)C(C)Sc3nncn3C)n2)cc1. The van der Waals surface area contributed by atoms with E-state index in [9.17, 15) is 4.79 Å². The highest BCUT2D eigenvalue weighted by Crippen LogP contribution is 2.27. The summed E-state index contributed by atoms with van der Waals surface area (Å²) in [6.07, 6.45) is 2.63. The Morgan fingerprint density at radius 2 is 2.12 bits per heavy atom. The average Bonchev–Trinajstić information content (AvgIpc) is 3.24. The number of hydrogen-bond acceptors (Lipinski definition) is 6. The van der Waals surface area contributed by atoms with E-state index in [1.165, 1.54) is 28.7 Å². The van der Waals surface area contributed by atoms with Crippen LogP contribution in [0.15, 0.2) is 41.1 Å². The lowest BCUT2D eigenvalue weighted by Crippen LogP contribution is -2.22. The molecule has 1 unspecified atom stereocenters. The number of nitrogens with one attached hydrogen (secondary N) is 1. The number of carbonyl (C=O) groups excluding carboxylic acids is 1. The largest absolute Gasteiger partial charge is 0.312 e. The second-order valence-electron chi connectivity index (χ2n) is 5.56. The van der Waals surface area contributed by atoms with E-state index in [4.69, 9.17) is 0 Å². The highest BCUT2D eigenvalue weighted by atomic mass is 32.2. The van der Waals surface area contributed by atoms with Crippen LogP contribution in [0.4, 0.5) is 5.13 Å². The first-order chi connectivity index (χ1) is 12.1. The van der Waals surface area contributed by atoms with Gasteiger partial charge < -0.3 is 9.88 Å². The molecular formula is C17H19N5OS2. The number of carbonyl (C=O) groups is 1. The number of benzene rings is 1. The summed E-state index contributed by atoms with van der Waals surface area (Å²) in [5, 5.41) is 13.7. The third-order valence-corrected chi connectivity index (χ3v) is 5.62. The Bertz CT molecular complexity index is 856. The van der Waals surface area contributed by atoms with Crippen molar-refractivity contribution in [3.05, 3.63) is 41.5 Å². The first-order valence-corrected chi connectivity index (χ1v) is 9.69. The summed E-state index contributed by atoms with van der Waals surface area (Å²) in [4.78, 5) is 16.9. The van der Waals surface area contributed by atoms with Crippen LogP contribution < -0.4 is 5.32 Å². The minimum Gasteiger partial charge on any atom is -0.312 e. The Hall–Kier alpha value is -2.19. The van der Waals surface area contributed by atoms with Crippen LogP contribution in [-0.4, -0.2) is 30.9 Å². The van der Waals surface area contributed by atoms with Gasteiger partial charge in [0.25, 0.3) is 0 Å². The molecule has 0 aliphatic heterocycles. The van der Waals surface area contributed by atoms with Gasteiger partial charge in [-0.25, -0.2) is 4.98 Å². The molecule has 0 saturated heterocycles. The topological polar surface area (TPSA) is 72.7 Å². The van der Waals surface area contributed by atoms with Gasteiger partial charge in [-0.2, -0.15) is 0 Å². The Morgan fingerprint density at radius 1 is 1.36 bits per heavy atom. The van der Waals surface area contributed by atoms with E-state index in [0.29, 0.717) is 10.3 Å². The van der Waals surface area contributed by atoms with Gasteiger partial charge in [0, 0.05) is 18.0 Å². The number of thiazole rings is 1. The van der Waals surface area contributed by atoms with Gasteiger partial charge in [0.05, 0.1) is 10.9 Å². The fourth-order valence-corrected chi connectivity index (χ4v) is 3.69. The number of thioether (sulfide) groups is 1. The van der Waals surface area contributed by atoms with Gasteiger partial charge in [-0.15, -0.1) is 21.5 Å². The maximum Gasteiger partial charge on any atom is 0.239 e. The van der Waals surface area contributed by atoms with Crippen LogP contribution in [0.2, 0.25) is 0 Å². The van der Waals surface area contributed by atoms with E-state index in [2.05, 4.69) is 51.7 Å². The molecule has 0 saturated carbocycles. The van der Waals surface area contributed by atoms with Gasteiger partial charge in [-0.3, -0.25) is 4.79 Å². The molecule has 130 valence electrons. The summed E-state index contributed by atoms with van der Waals surface area (Å²) < 4.78 is 1.79. The predicted octanol–water partition coefficient (Wildman–Crippen LogP) is 3.62. The van der Waals surface area contributed by atoms with Gasteiger partial charge in [0.15, 0.2) is 10.3 Å². The zero-order valence-corrected chi connectivity index (χ0v) is 15.9. The van der Waals surface area contributed by atoms with Crippen molar-refractivity contribution in [3.8, 4) is 11.3 Å². The fraction of sp³-hybridized carbons (Fsp3) is 0.294. The van der Waals surface area contributed by atoms with Gasteiger partial charge in [-0.05, 0) is 18.9 Å². The molecule has 2 aromatic heterocycles. The van der Waals surface area contributed by atoms with Crippen molar-refractivity contribution >= 4 is 34.1 Å². The van der Waals surface area contributed by atoms with E-state index in [1.807, 2.05) is 19.4 Å². The smallest absolute Gasteiger partial charge is 0.239 e. The third kappa shape index (κ3) is 4.26. The Labute approximate surface area is 154 Å². The number of aromatic nitrogens is 4. The zero-order valence-electron chi connectivity index (χ0n) is 14.3. The number of nitrogens with zero attached hydrogens (tertiary/aromatic N) is 4. The van der Waals surface area contributed by atoms with E-state index < -0.39 is 0 Å². The Kier molecular flexibility index (Phi) is 5.50. The molecule has 2 heterocycles. The molecule has 1 N–H and O–H groups in total.